The van der Waals surface area contributed by atoms with Gasteiger partial charge in [-0.3, -0.25) is 4.79 Å². The van der Waals surface area contributed by atoms with Crippen LogP contribution in [0, 0.1) is 5.82 Å². The molecule has 0 spiro atoms. The molecule has 0 aliphatic carbocycles. The van der Waals surface area contributed by atoms with Crippen LogP contribution >= 0.6 is 0 Å². The molecule has 2 aromatic carbocycles. The molecule has 1 aliphatic heterocycles. The first-order valence-corrected chi connectivity index (χ1v) is 8.81. The third kappa shape index (κ3) is 4.41. The van der Waals surface area contributed by atoms with Gasteiger partial charge in [0.25, 0.3) is 0 Å². The van der Waals surface area contributed by atoms with Gasteiger partial charge in [-0.05, 0) is 43.7 Å². The lowest BCUT2D eigenvalue weighted by molar-refractivity contribution is -0.155. The average Bonchev–Trinajstić information content (AvgIpc) is 2.63. The van der Waals surface area contributed by atoms with E-state index in [9.17, 15) is 9.18 Å². The molecule has 1 aliphatic rings. The molecule has 2 aromatic rings. The van der Waals surface area contributed by atoms with E-state index >= 15 is 0 Å². The lowest BCUT2D eigenvalue weighted by atomic mass is 9.97. The zero-order chi connectivity index (χ0) is 18.6. The number of hydrogen-bond donors (Lipinski definition) is 0. The van der Waals surface area contributed by atoms with Crippen molar-refractivity contribution in [3.05, 3.63) is 66.0 Å². The number of ether oxygens (including phenoxy) is 2. The van der Waals surface area contributed by atoms with Gasteiger partial charge in [0.15, 0.2) is 0 Å². The summed E-state index contributed by atoms with van der Waals surface area (Å²) in [5.41, 5.74) is 0.487. The molecule has 1 unspecified atom stereocenters. The monoisotopic (exact) mass is 357 g/mol. The largest absolute Gasteiger partial charge is 0.493 e. The van der Waals surface area contributed by atoms with E-state index in [0.29, 0.717) is 26.2 Å². The Hall–Kier alpha value is -2.40. The van der Waals surface area contributed by atoms with Crippen molar-refractivity contribution in [3.8, 4) is 5.75 Å². The lowest BCUT2D eigenvalue weighted by Gasteiger charge is -2.45. The molecule has 138 valence electrons. The van der Waals surface area contributed by atoms with Crippen molar-refractivity contribution in [2.75, 3.05) is 19.8 Å². The molecule has 4 nitrogen and oxygen atoms in total. The maximum absolute atomic E-state index is 13.1. The van der Waals surface area contributed by atoms with Gasteiger partial charge in [0, 0.05) is 0 Å². The predicted molar refractivity (Wildman–Crippen MR) is 97.4 cm³/mol. The van der Waals surface area contributed by atoms with Crippen molar-refractivity contribution in [1.29, 1.82) is 0 Å². The summed E-state index contributed by atoms with van der Waals surface area (Å²) in [4.78, 5) is 14.6. The second kappa shape index (κ2) is 7.87. The third-order valence-corrected chi connectivity index (χ3v) is 4.59. The van der Waals surface area contributed by atoms with E-state index in [1.807, 2.05) is 49.1 Å². The highest BCUT2D eigenvalue weighted by atomic mass is 19.1. The number of benzene rings is 2. The van der Waals surface area contributed by atoms with Gasteiger partial charge in [-0.25, -0.2) is 4.39 Å². The summed E-state index contributed by atoms with van der Waals surface area (Å²) < 4.78 is 24.7. The fourth-order valence-electron chi connectivity index (χ4n) is 3.07. The van der Waals surface area contributed by atoms with E-state index in [1.54, 1.807) is 12.1 Å². The second-order valence-corrected chi connectivity index (χ2v) is 7.08. The minimum atomic E-state index is -0.389. The minimum Gasteiger partial charge on any atom is -0.493 e. The zero-order valence-electron chi connectivity index (χ0n) is 15.2. The Labute approximate surface area is 153 Å². The standard InChI is InChI=1S/C21H24FNO3/c1-21(2)15-26-19(16-8-10-17(22)11-9-16)14-23(21)20(24)12-13-25-18-6-4-3-5-7-18/h3-11,19H,12-15H2,1-2H3. The van der Waals surface area contributed by atoms with E-state index < -0.39 is 0 Å². The van der Waals surface area contributed by atoms with E-state index in [-0.39, 0.29) is 23.4 Å². The zero-order valence-corrected chi connectivity index (χ0v) is 15.2. The first kappa shape index (κ1) is 18.4. The fraction of sp³-hybridized carbons (Fsp3) is 0.381. The summed E-state index contributed by atoms with van der Waals surface area (Å²) in [5.74, 6) is 0.503. The molecule has 1 saturated heterocycles. The van der Waals surface area contributed by atoms with Crippen LogP contribution in [0.3, 0.4) is 0 Å². The maximum atomic E-state index is 13.1. The average molecular weight is 357 g/mol. The lowest BCUT2D eigenvalue weighted by Crippen LogP contribution is -2.56. The molecule has 1 amide bonds. The van der Waals surface area contributed by atoms with E-state index in [1.165, 1.54) is 12.1 Å². The summed E-state index contributed by atoms with van der Waals surface area (Å²) >= 11 is 0. The van der Waals surface area contributed by atoms with Gasteiger partial charge in [-0.15, -0.1) is 0 Å². The van der Waals surface area contributed by atoms with Crippen molar-refractivity contribution >= 4 is 5.91 Å². The van der Waals surface area contributed by atoms with Crippen LogP contribution < -0.4 is 4.74 Å². The molecule has 0 N–H and O–H groups in total. The summed E-state index contributed by atoms with van der Waals surface area (Å²) in [5, 5.41) is 0. The molecule has 26 heavy (non-hydrogen) atoms. The highest BCUT2D eigenvalue weighted by Crippen LogP contribution is 2.31. The van der Waals surface area contributed by atoms with Gasteiger partial charge in [-0.2, -0.15) is 0 Å². The fourth-order valence-corrected chi connectivity index (χ4v) is 3.07. The Morgan fingerprint density at radius 2 is 1.88 bits per heavy atom. The Morgan fingerprint density at radius 1 is 1.19 bits per heavy atom. The summed E-state index contributed by atoms with van der Waals surface area (Å²) in [6.45, 7) is 5.19. The van der Waals surface area contributed by atoms with Crippen LogP contribution in [0.25, 0.3) is 0 Å². The number of rotatable bonds is 5. The van der Waals surface area contributed by atoms with Gasteiger partial charge in [0.1, 0.15) is 17.7 Å². The van der Waals surface area contributed by atoms with Crippen LogP contribution in [0.1, 0.15) is 31.9 Å². The normalized spacial score (nSPS) is 19.2. The van der Waals surface area contributed by atoms with Gasteiger partial charge in [0.05, 0.1) is 31.7 Å². The molecule has 1 heterocycles. The van der Waals surface area contributed by atoms with Crippen LogP contribution in [-0.4, -0.2) is 36.1 Å². The molecule has 1 atom stereocenters. The molecule has 3 rings (SSSR count). The van der Waals surface area contributed by atoms with Gasteiger partial charge < -0.3 is 14.4 Å². The number of morpholine rings is 1. The molecular formula is C21H24FNO3. The molecule has 0 radical (unpaired) electrons. The van der Waals surface area contributed by atoms with Crippen LogP contribution in [0.2, 0.25) is 0 Å². The summed E-state index contributed by atoms with van der Waals surface area (Å²) in [6, 6.07) is 15.7. The van der Waals surface area contributed by atoms with Gasteiger partial charge in [0.2, 0.25) is 5.91 Å². The highest BCUT2D eigenvalue weighted by Gasteiger charge is 2.38. The number of carbonyl (C=O) groups excluding carboxylic acids is 1. The quantitative estimate of drug-likeness (QED) is 0.813. The number of para-hydroxylation sites is 1. The SMILES string of the molecule is CC1(C)COC(c2ccc(F)cc2)CN1C(=O)CCOc1ccccc1. The molecule has 1 fully saturated rings. The molecule has 0 aromatic heterocycles. The van der Waals surface area contributed by atoms with Crippen LogP contribution in [0.15, 0.2) is 54.6 Å². The third-order valence-electron chi connectivity index (χ3n) is 4.59. The van der Waals surface area contributed by atoms with Crippen molar-refractivity contribution < 1.29 is 18.7 Å². The summed E-state index contributed by atoms with van der Waals surface area (Å²) in [7, 11) is 0. The highest BCUT2D eigenvalue weighted by molar-refractivity contribution is 5.77. The van der Waals surface area contributed by atoms with E-state index in [2.05, 4.69) is 0 Å². The maximum Gasteiger partial charge on any atom is 0.226 e. The number of nitrogens with zero attached hydrogens (tertiary/aromatic N) is 1. The Balaban J connectivity index is 1.61. The number of carbonyl (C=O) groups is 1. The van der Waals surface area contributed by atoms with Crippen LogP contribution in [-0.2, 0) is 9.53 Å². The first-order valence-electron chi connectivity index (χ1n) is 8.81. The van der Waals surface area contributed by atoms with E-state index in [4.69, 9.17) is 9.47 Å². The Kier molecular flexibility index (Phi) is 5.57. The van der Waals surface area contributed by atoms with Crippen molar-refractivity contribution in [2.45, 2.75) is 31.9 Å². The molecule has 0 bridgehead atoms. The second-order valence-electron chi connectivity index (χ2n) is 7.08. The number of amides is 1. The Bertz CT molecular complexity index is 731. The Morgan fingerprint density at radius 3 is 2.58 bits per heavy atom. The first-order chi connectivity index (χ1) is 12.5. The van der Waals surface area contributed by atoms with Crippen molar-refractivity contribution in [3.63, 3.8) is 0 Å². The molecule has 0 saturated carbocycles. The number of hydrogen-bond acceptors (Lipinski definition) is 3. The van der Waals surface area contributed by atoms with Crippen LogP contribution in [0.5, 0.6) is 5.75 Å². The van der Waals surface area contributed by atoms with Gasteiger partial charge in [-0.1, -0.05) is 30.3 Å². The molecule has 5 heteroatoms. The summed E-state index contributed by atoms with van der Waals surface area (Å²) in [6.07, 6.45) is 0.0525. The topological polar surface area (TPSA) is 38.8 Å². The van der Waals surface area contributed by atoms with Gasteiger partial charge >= 0.3 is 0 Å². The number of halogens is 1. The minimum absolute atomic E-state index is 0.0290. The smallest absolute Gasteiger partial charge is 0.226 e. The predicted octanol–water partition coefficient (Wildman–Crippen LogP) is 3.97. The van der Waals surface area contributed by atoms with E-state index in [0.717, 1.165) is 11.3 Å². The van der Waals surface area contributed by atoms with Crippen LogP contribution in [0.4, 0.5) is 4.39 Å². The van der Waals surface area contributed by atoms with Crippen molar-refractivity contribution in [1.82, 2.24) is 4.90 Å². The molecular weight excluding hydrogens is 333 g/mol. The van der Waals surface area contributed by atoms with Crippen molar-refractivity contribution in [2.24, 2.45) is 0 Å².